The minimum atomic E-state index is -1.16. The Hall–Kier alpha value is -1.99. The van der Waals surface area contributed by atoms with Crippen molar-refractivity contribution in [2.45, 2.75) is 0 Å². The van der Waals surface area contributed by atoms with Crippen molar-refractivity contribution in [2.75, 3.05) is 5.88 Å². The highest BCUT2D eigenvalue weighted by molar-refractivity contribution is 6.19. The summed E-state index contributed by atoms with van der Waals surface area (Å²) in [5.74, 6) is 2.76. The van der Waals surface area contributed by atoms with Crippen LogP contribution in [0.2, 0.25) is 0 Å². The van der Waals surface area contributed by atoms with Crippen LogP contribution in [0.1, 0.15) is 26.3 Å². The lowest BCUT2D eigenvalue weighted by atomic mass is 10.0. The van der Waals surface area contributed by atoms with Gasteiger partial charge >= 0.3 is 11.9 Å². The molecule has 1 aromatic rings. The molecule has 0 saturated heterocycles. The average molecular weight is 239 g/mol. The zero-order valence-corrected chi connectivity index (χ0v) is 8.78. The second kappa shape index (κ2) is 5.19. The monoisotopic (exact) mass is 238 g/mol. The molecule has 0 atom stereocenters. The predicted molar refractivity (Wildman–Crippen MR) is 58.0 cm³/mol. The van der Waals surface area contributed by atoms with Gasteiger partial charge in [0.05, 0.1) is 17.0 Å². The summed E-state index contributed by atoms with van der Waals surface area (Å²) in [4.78, 5) is 21.5. The van der Waals surface area contributed by atoms with Crippen molar-refractivity contribution in [1.82, 2.24) is 0 Å². The molecule has 2 N–H and O–H groups in total. The summed E-state index contributed by atoms with van der Waals surface area (Å²) in [5.41, 5.74) is 0.0968. The molecular formula is C11H7ClO4. The second-order valence-electron chi connectivity index (χ2n) is 2.81. The van der Waals surface area contributed by atoms with Gasteiger partial charge in [-0.05, 0) is 18.2 Å². The molecular weight excluding hydrogens is 232 g/mol. The molecule has 0 unspecified atom stereocenters. The van der Waals surface area contributed by atoms with E-state index in [4.69, 9.17) is 21.8 Å². The van der Waals surface area contributed by atoms with Crippen molar-refractivity contribution in [3.05, 3.63) is 34.9 Å². The van der Waals surface area contributed by atoms with Gasteiger partial charge in [-0.15, -0.1) is 11.6 Å². The molecule has 0 radical (unpaired) electrons. The number of halogens is 1. The van der Waals surface area contributed by atoms with Gasteiger partial charge in [0, 0.05) is 5.56 Å². The summed E-state index contributed by atoms with van der Waals surface area (Å²) in [6, 6.07) is 3.65. The standard InChI is InChI=1S/C11H7ClO4/c12-5-1-2-7-6-8(10(13)14)3-4-9(7)11(15)16/h3-4,6H,5H2,(H,13,14)(H,15,16). The van der Waals surface area contributed by atoms with Crippen LogP contribution in [-0.2, 0) is 0 Å². The van der Waals surface area contributed by atoms with E-state index in [1.165, 1.54) is 18.2 Å². The predicted octanol–water partition coefficient (Wildman–Crippen LogP) is 1.67. The Labute approximate surface area is 96.5 Å². The summed E-state index contributed by atoms with van der Waals surface area (Å²) >= 11 is 5.35. The summed E-state index contributed by atoms with van der Waals surface area (Å²) in [6.45, 7) is 0. The third-order valence-electron chi connectivity index (χ3n) is 1.79. The number of benzene rings is 1. The molecule has 1 aromatic carbocycles. The SMILES string of the molecule is O=C(O)c1ccc(C(=O)O)c(C#CCCl)c1. The van der Waals surface area contributed by atoms with E-state index in [0.29, 0.717) is 0 Å². The third-order valence-corrected chi connectivity index (χ3v) is 1.92. The summed E-state index contributed by atoms with van der Waals surface area (Å²) in [7, 11) is 0. The molecule has 0 aliphatic carbocycles. The molecule has 16 heavy (non-hydrogen) atoms. The molecule has 1 rings (SSSR count). The number of alkyl halides is 1. The zero-order chi connectivity index (χ0) is 12.1. The highest BCUT2D eigenvalue weighted by Gasteiger charge is 2.11. The molecule has 82 valence electrons. The Morgan fingerprint density at radius 1 is 1.25 bits per heavy atom. The second-order valence-corrected chi connectivity index (χ2v) is 3.07. The maximum absolute atomic E-state index is 10.8. The number of carboxylic acids is 2. The van der Waals surface area contributed by atoms with E-state index in [1.54, 1.807) is 0 Å². The first-order valence-electron chi connectivity index (χ1n) is 4.21. The molecule has 0 spiro atoms. The summed E-state index contributed by atoms with van der Waals surface area (Å²) in [6.07, 6.45) is 0. The Morgan fingerprint density at radius 2 is 1.94 bits per heavy atom. The molecule has 0 bridgehead atoms. The first kappa shape index (κ1) is 12.1. The fourth-order valence-electron chi connectivity index (χ4n) is 1.10. The van der Waals surface area contributed by atoms with Crippen molar-refractivity contribution < 1.29 is 19.8 Å². The Kier molecular flexibility index (Phi) is 3.92. The van der Waals surface area contributed by atoms with Crippen molar-refractivity contribution in [3.63, 3.8) is 0 Å². The molecule has 0 amide bonds. The quantitative estimate of drug-likeness (QED) is 0.607. The van der Waals surface area contributed by atoms with E-state index >= 15 is 0 Å². The maximum atomic E-state index is 10.8. The van der Waals surface area contributed by atoms with Gasteiger partial charge in [-0.2, -0.15) is 0 Å². The molecule has 0 fully saturated rings. The molecule has 0 aliphatic rings. The lowest BCUT2D eigenvalue weighted by Crippen LogP contribution is -2.03. The smallest absolute Gasteiger partial charge is 0.336 e. The molecule has 0 aliphatic heterocycles. The van der Waals surface area contributed by atoms with E-state index < -0.39 is 11.9 Å². The fraction of sp³-hybridized carbons (Fsp3) is 0.0909. The highest BCUT2D eigenvalue weighted by Crippen LogP contribution is 2.11. The van der Waals surface area contributed by atoms with Crippen molar-refractivity contribution >= 4 is 23.5 Å². The van der Waals surface area contributed by atoms with Crippen LogP contribution in [0.3, 0.4) is 0 Å². The van der Waals surface area contributed by atoms with Gasteiger partial charge in [0.1, 0.15) is 0 Å². The number of hydrogen-bond donors (Lipinski definition) is 2. The van der Waals surface area contributed by atoms with Crippen molar-refractivity contribution in [1.29, 1.82) is 0 Å². The topological polar surface area (TPSA) is 74.6 Å². The van der Waals surface area contributed by atoms with Gasteiger partial charge < -0.3 is 10.2 Å². The van der Waals surface area contributed by atoms with Gasteiger partial charge in [-0.3, -0.25) is 0 Å². The van der Waals surface area contributed by atoms with E-state index in [0.717, 1.165) is 0 Å². The van der Waals surface area contributed by atoms with Gasteiger partial charge in [0.25, 0.3) is 0 Å². The van der Waals surface area contributed by atoms with Crippen molar-refractivity contribution in [3.8, 4) is 11.8 Å². The number of rotatable bonds is 2. The summed E-state index contributed by atoms with van der Waals surface area (Å²) in [5, 5.41) is 17.6. The third kappa shape index (κ3) is 2.75. The van der Waals surface area contributed by atoms with Gasteiger partial charge in [-0.1, -0.05) is 11.8 Å². The lowest BCUT2D eigenvalue weighted by molar-refractivity contribution is 0.0681. The summed E-state index contributed by atoms with van der Waals surface area (Å²) < 4.78 is 0. The number of aromatic carboxylic acids is 2. The van der Waals surface area contributed by atoms with Crippen LogP contribution in [-0.4, -0.2) is 28.0 Å². The van der Waals surface area contributed by atoms with Crippen LogP contribution in [0.25, 0.3) is 0 Å². The first-order valence-corrected chi connectivity index (χ1v) is 4.75. The van der Waals surface area contributed by atoms with Crippen LogP contribution >= 0.6 is 11.6 Å². The maximum Gasteiger partial charge on any atom is 0.336 e. The van der Waals surface area contributed by atoms with Crippen molar-refractivity contribution in [2.24, 2.45) is 0 Å². The molecule has 5 heteroatoms. The molecule has 0 saturated carbocycles. The highest BCUT2D eigenvalue weighted by atomic mass is 35.5. The van der Waals surface area contributed by atoms with Crippen LogP contribution in [0.15, 0.2) is 18.2 Å². The van der Waals surface area contributed by atoms with E-state index in [1.807, 2.05) is 0 Å². The fourth-order valence-corrected chi connectivity index (χ4v) is 1.16. The number of carboxylic acid groups (broad SMARTS) is 2. The van der Waals surface area contributed by atoms with Gasteiger partial charge in [0.15, 0.2) is 0 Å². The lowest BCUT2D eigenvalue weighted by Gasteiger charge is -2.00. The Balaban J connectivity index is 3.32. The molecule has 0 heterocycles. The normalized spacial score (nSPS) is 9.06. The number of hydrogen-bond acceptors (Lipinski definition) is 2. The zero-order valence-electron chi connectivity index (χ0n) is 8.03. The molecule has 4 nitrogen and oxygen atoms in total. The van der Waals surface area contributed by atoms with E-state index in [2.05, 4.69) is 11.8 Å². The van der Waals surface area contributed by atoms with Crippen LogP contribution in [0.4, 0.5) is 0 Å². The Morgan fingerprint density at radius 3 is 2.44 bits per heavy atom. The average Bonchev–Trinajstić information content (AvgIpc) is 2.25. The van der Waals surface area contributed by atoms with Gasteiger partial charge in [-0.25, -0.2) is 9.59 Å². The van der Waals surface area contributed by atoms with Crippen LogP contribution in [0, 0.1) is 11.8 Å². The Bertz CT molecular complexity index is 496. The van der Waals surface area contributed by atoms with Crippen LogP contribution < -0.4 is 0 Å². The van der Waals surface area contributed by atoms with Crippen LogP contribution in [0.5, 0.6) is 0 Å². The van der Waals surface area contributed by atoms with Gasteiger partial charge in [0.2, 0.25) is 0 Å². The number of carbonyl (C=O) groups is 2. The molecule has 0 aromatic heterocycles. The first-order chi connectivity index (χ1) is 7.56. The largest absolute Gasteiger partial charge is 0.478 e. The minimum absolute atomic E-state index is 0.0103. The van der Waals surface area contributed by atoms with E-state index in [-0.39, 0.29) is 22.6 Å². The minimum Gasteiger partial charge on any atom is -0.478 e. The van der Waals surface area contributed by atoms with E-state index in [9.17, 15) is 9.59 Å².